The number of hydrogen-bond donors (Lipinski definition) is 0. The standard InChI is InChI=1S/C23H22N4O5/c1-25-21(28)16-7-3-2-6-15(16)20(24-25)23(30)27-14-19(22(29)26-10-12-31-13-11-26)32-18-9-5-4-8-17(18)27/h2-9,19H,10-14H2,1H3. The maximum absolute atomic E-state index is 13.7. The van der Waals surface area contributed by atoms with E-state index in [1.807, 2.05) is 0 Å². The zero-order valence-corrected chi connectivity index (χ0v) is 17.6. The molecule has 0 aliphatic carbocycles. The van der Waals surface area contributed by atoms with Crippen molar-refractivity contribution in [3.05, 3.63) is 64.6 Å². The number of ether oxygens (including phenoxy) is 2. The van der Waals surface area contributed by atoms with E-state index in [0.29, 0.717) is 48.5 Å². The summed E-state index contributed by atoms with van der Waals surface area (Å²) in [6, 6.07) is 14.0. The second-order valence-electron chi connectivity index (χ2n) is 7.75. The first-order chi connectivity index (χ1) is 15.5. The highest BCUT2D eigenvalue weighted by Crippen LogP contribution is 2.35. The van der Waals surface area contributed by atoms with Gasteiger partial charge < -0.3 is 14.4 Å². The number of carbonyl (C=O) groups excluding carboxylic acids is 2. The van der Waals surface area contributed by atoms with Crippen LogP contribution in [0, 0.1) is 0 Å². The van der Waals surface area contributed by atoms with Crippen LogP contribution in [0.25, 0.3) is 10.8 Å². The molecule has 2 aliphatic heterocycles. The van der Waals surface area contributed by atoms with E-state index in [1.165, 1.54) is 11.9 Å². The smallest absolute Gasteiger partial charge is 0.279 e. The summed E-state index contributed by atoms with van der Waals surface area (Å²) in [6.45, 7) is 1.98. The monoisotopic (exact) mass is 434 g/mol. The van der Waals surface area contributed by atoms with E-state index >= 15 is 0 Å². The molecule has 32 heavy (non-hydrogen) atoms. The first-order valence-corrected chi connectivity index (χ1v) is 10.4. The van der Waals surface area contributed by atoms with Crippen molar-refractivity contribution in [1.82, 2.24) is 14.7 Å². The first kappa shape index (κ1) is 20.2. The van der Waals surface area contributed by atoms with Crippen molar-refractivity contribution in [2.75, 3.05) is 37.7 Å². The van der Waals surface area contributed by atoms with Gasteiger partial charge in [-0.3, -0.25) is 19.3 Å². The van der Waals surface area contributed by atoms with E-state index < -0.39 is 12.0 Å². The molecule has 0 N–H and O–H groups in total. The molecule has 0 spiro atoms. The van der Waals surface area contributed by atoms with Crippen LogP contribution in [0.2, 0.25) is 0 Å². The number of fused-ring (bicyclic) bond motifs is 2. The number of rotatable bonds is 2. The fourth-order valence-electron chi connectivity index (χ4n) is 4.13. The number of hydrogen-bond acceptors (Lipinski definition) is 6. The van der Waals surface area contributed by atoms with Gasteiger partial charge in [0.1, 0.15) is 5.75 Å². The lowest BCUT2D eigenvalue weighted by Gasteiger charge is -2.37. The largest absolute Gasteiger partial charge is 0.476 e. The van der Waals surface area contributed by atoms with Crippen molar-refractivity contribution in [3.8, 4) is 5.75 Å². The number of anilines is 1. The van der Waals surface area contributed by atoms with Gasteiger partial charge in [0.25, 0.3) is 17.4 Å². The van der Waals surface area contributed by atoms with Gasteiger partial charge in [-0.1, -0.05) is 30.3 Å². The van der Waals surface area contributed by atoms with Gasteiger partial charge in [-0.25, -0.2) is 4.68 Å². The van der Waals surface area contributed by atoms with E-state index in [4.69, 9.17) is 9.47 Å². The number of aromatic nitrogens is 2. The van der Waals surface area contributed by atoms with Crippen LogP contribution in [0.15, 0.2) is 53.3 Å². The Morgan fingerprint density at radius 1 is 1.00 bits per heavy atom. The van der Waals surface area contributed by atoms with Gasteiger partial charge in [-0.2, -0.15) is 5.10 Å². The summed E-state index contributed by atoms with van der Waals surface area (Å²) in [6.07, 6.45) is -0.842. The Morgan fingerprint density at radius 3 is 2.47 bits per heavy atom. The minimum atomic E-state index is -0.842. The quantitative estimate of drug-likeness (QED) is 0.602. The molecule has 1 saturated heterocycles. The topological polar surface area (TPSA) is 94.0 Å². The summed E-state index contributed by atoms with van der Waals surface area (Å²) < 4.78 is 12.5. The van der Waals surface area contributed by atoms with Gasteiger partial charge in [-0.05, 0) is 18.2 Å². The predicted molar refractivity (Wildman–Crippen MR) is 117 cm³/mol. The molecular weight excluding hydrogens is 412 g/mol. The number of morpholine rings is 1. The molecule has 0 saturated carbocycles. The highest BCUT2D eigenvalue weighted by Gasteiger charge is 2.37. The summed E-state index contributed by atoms with van der Waals surface area (Å²) in [5, 5.41) is 5.15. The Balaban J connectivity index is 1.55. The summed E-state index contributed by atoms with van der Waals surface area (Å²) in [5.74, 6) is -0.126. The molecule has 1 aromatic heterocycles. The van der Waals surface area contributed by atoms with E-state index in [2.05, 4.69) is 5.10 Å². The fraction of sp³-hybridized carbons (Fsp3) is 0.304. The maximum atomic E-state index is 13.7. The zero-order chi connectivity index (χ0) is 22.2. The molecule has 9 heteroatoms. The molecule has 3 heterocycles. The molecule has 1 atom stereocenters. The molecule has 1 unspecified atom stereocenters. The predicted octanol–water partition coefficient (Wildman–Crippen LogP) is 1.20. The first-order valence-electron chi connectivity index (χ1n) is 10.4. The maximum Gasteiger partial charge on any atom is 0.279 e. The van der Waals surface area contributed by atoms with Crippen LogP contribution in [0.4, 0.5) is 5.69 Å². The zero-order valence-electron chi connectivity index (χ0n) is 17.6. The van der Waals surface area contributed by atoms with Gasteiger partial charge in [0.2, 0.25) is 0 Å². The molecular formula is C23H22N4O5. The highest BCUT2D eigenvalue weighted by molar-refractivity contribution is 6.13. The van der Waals surface area contributed by atoms with Crippen molar-refractivity contribution in [3.63, 3.8) is 0 Å². The van der Waals surface area contributed by atoms with E-state index in [1.54, 1.807) is 53.4 Å². The fourth-order valence-corrected chi connectivity index (χ4v) is 4.13. The molecule has 164 valence electrons. The van der Waals surface area contributed by atoms with Crippen molar-refractivity contribution in [2.24, 2.45) is 7.05 Å². The van der Waals surface area contributed by atoms with E-state index in [0.717, 1.165) is 4.68 Å². The third-order valence-corrected chi connectivity index (χ3v) is 5.78. The van der Waals surface area contributed by atoms with Crippen LogP contribution in [0.3, 0.4) is 0 Å². The Labute approximate surface area is 183 Å². The van der Waals surface area contributed by atoms with E-state index in [9.17, 15) is 14.4 Å². The molecule has 2 aliphatic rings. The average molecular weight is 434 g/mol. The summed E-state index contributed by atoms with van der Waals surface area (Å²) >= 11 is 0. The lowest BCUT2D eigenvalue weighted by molar-refractivity contribution is -0.142. The number of para-hydroxylation sites is 2. The Morgan fingerprint density at radius 2 is 1.69 bits per heavy atom. The number of aryl methyl sites for hydroxylation is 1. The summed E-state index contributed by atoms with van der Waals surface area (Å²) in [4.78, 5) is 42.6. The summed E-state index contributed by atoms with van der Waals surface area (Å²) in [7, 11) is 1.52. The lowest BCUT2D eigenvalue weighted by atomic mass is 10.1. The average Bonchev–Trinajstić information content (AvgIpc) is 2.85. The Bertz CT molecular complexity index is 1260. The Hall–Kier alpha value is -3.72. The number of amides is 2. The molecule has 5 rings (SSSR count). The van der Waals surface area contributed by atoms with Gasteiger partial charge in [0.15, 0.2) is 11.8 Å². The van der Waals surface area contributed by atoms with Gasteiger partial charge in [-0.15, -0.1) is 0 Å². The molecule has 0 radical (unpaired) electrons. The van der Waals surface area contributed by atoms with Crippen LogP contribution in [0.5, 0.6) is 5.75 Å². The molecule has 2 aromatic carbocycles. The number of carbonyl (C=O) groups is 2. The third kappa shape index (κ3) is 3.40. The molecule has 9 nitrogen and oxygen atoms in total. The highest BCUT2D eigenvalue weighted by atomic mass is 16.5. The molecule has 3 aromatic rings. The lowest BCUT2D eigenvalue weighted by Crippen LogP contribution is -2.54. The second-order valence-corrected chi connectivity index (χ2v) is 7.75. The van der Waals surface area contributed by atoms with Gasteiger partial charge in [0.05, 0.1) is 30.8 Å². The molecule has 2 amide bonds. The minimum absolute atomic E-state index is 0.0465. The van der Waals surface area contributed by atoms with Gasteiger partial charge in [0, 0.05) is 25.5 Å². The van der Waals surface area contributed by atoms with Crippen LogP contribution in [-0.4, -0.2) is 65.4 Å². The van der Waals surface area contributed by atoms with Crippen LogP contribution in [0.1, 0.15) is 10.5 Å². The van der Waals surface area contributed by atoms with E-state index in [-0.39, 0.29) is 23.7 Å². The van der Waals surface area contributed by atoms with Crippen LogP contribution >= 0.6 is 0 Å². The Kier molecular flexibility index (Phi) is 5.10. The number of nitrogens with zero attached hydrogens (tertiary/aromatic N) is 4. The third-order valence-electron chi connectivity index (χ3n) is 5.78. The normalized spacial score (nSPS) is 18.2. The van der Waals surface area contributed by atoms with Crippen molar-refractivity contribution in [2.45, 2.75) is 6.10 Å². The van der Waals surface area contributed by atoms with Crippen molar-refractivity contribution in [1.29, 1.82) is 0 Å². The molecule has 0 bridgehead atoms. The molecule has 1 fully saturated rings. The van der Waals surface area contributed by atoms with Crippen LogP contribution < -0.4 is 15.2 Å². The minimum Gasteiger partial charge on any atom is -0.476 e. The van der Waals surface area contributed by atoms with Crippen molar-refractivity contribution < 1.29 is 19.1 Å². The SMILES string of the molecule is Cn1nc(C(=O)N2CC(C(=O)N3CCOCC3)Oc3ccccc32)c2ccccc2c1=O. The van der Waals surface area contributed by atoms with Crippen molar-refractivity contribution >= 4 is 28.3 Å². The second kappa shape index (κ2) is 8.08. The van der Waals surface area contributed by atoms with Gasteiger partial charge >= 0.3 is 0 Å². The van der Waals surface area contributed by atoms with Crippen LogP contribution in [-0.2, 0) is 16.6 Å². The number of benzene rings is 2. The summed E-state index contributed by atoms with van der Waals surface area (Å²) in [5.41, 5.74) is 0.431.